The lowest BCUT2D eigenvalue weighted by molar-refractivity contribution is 0.393. The third-order valence-electron chi connectivity index (χ3n) is 3.23. The molecular formula is C16H17ClFNO2. The van der Waals surface area contributed by atoms with Crippen molar-refractivity contribution in [3.05, 3.63) is 52.8 Å². The van der Waals surface area contributed by atoms with E-state index < -0.39 is 5.82 Å². The van der Waals surface area contributed by atoms with Gasteiger partial charge < -0.3 is 14.8 Å². The Morgan fingerprint density at radius 2 is 1.90 bits per heavy atom. The van der Waals surface area contributed by atoms with Crippen molar-refractivity contribution in [1.82, 2.24) is 5.32 Å². The first-order valence-corrected chi connectivity index (χ1v) is 6.91. The fraction of sp³-hybridized carbons (Fsp3) is 0.250. The molecule has 0 saturated carbocycles. The molecule has 0 aliphatic rings. The van der Waals surface area contributed by atoms with Crippen LogP contribution in [0.1, 0.15) is 18.5 Å². The van der Waals surface area contributed by atoms with E-state index in [1.165, 1.54) is 12.1 Å². The van der Waals surface area contributed by atoms with Crippen molar-refractivity contribution >= 4 is 11.6 Å². The molecular weight excluding hydrogens is 293 g/mol. The second-order valence-electron chi connectivity index (χ2n) is 4.56. The van der Waals surface area contributed by atoms with Gasteiger partial charge in [-0.3, -0.25) is 0 Å². The Kier molecular flexibility index (Phi) is 5.04. The average molecular weight is 310 g/mol. The molecule has 2 aromatic carbocycles. The number of methoxy groups -OCH3 is 1. The zero-order valence-corrected chi connectivity index (χ0v) is 12.9. The summed E-state index contributed by atoms with van der Waals surface area (Å²) in [6.45, 7) is 1.99. The predicted octanol–water partition coefficient (Wildman–Crippen LogP) is 4.56. The van der Waals surface area contributed by atoms with Crippen molar-refractivity contribution in [1.29, 1.82) is 0 Å². The lowest BCUT2D eigenvalue weighted by atomic mass is 10.1. The van der Waals surface area contributed by atoms with E-state index in [0.29, 0.717) is 17.2 Å². The van der Waals surface area contributed by atoms with Gasteiger partial charge >= 0.3 is 0 Å². The molecule has 1 N–H and O–H groups in total. The van der Waals surface area contributed by atoms with E-state index in [1.807, 2.05) is 32.2 Å². The van der Waals surface area contributed by atoms with Gasteiger partial charge in [0.15, 0.2) is 0 Å². The molecule has 0 aromatic heterocycles. The summed E-state index contributed by atoms with van der Waals surface area (Å²) < 4.78 is 24.7. The van der Waals surface area contributed by atoms with E-state index in [4.69, 9.17) is 21.1 Å². The van der Waals surface area contributed by atoms with Crippen LogP contribution >= 0.6 is 11.6 Å². The summed E-state index contributed by atoms with van der Waals surface area (Å²) in [5, 5.41) is 3.21. The molecule has 2 rings (SSSR count). The Morgan fingerprint density at radius 1 is 1.19 bits per heavy atom. The first kappa shape index (κ1) is 15.6. The summed E-state index contributed by atoms with van der Waals surface area (Å²) in [6.07, 6.45) is 0. The van der Waals surface area contributed by atoms with Crippen LogP contribution in [0.2, 0.25) is 5.02 Å². The minimum absolute atomic E-state index is 0.0216. The van der Waals surface area contributed by atoms with Gasteiger partial charge in [0.25, 0.3) is 0 Å². The summed E-state index contributed by atoms with van der Waals surface area (Å²) >= 11 is 5.67. The molecule has 112 valence electrons. The van der Waals surface area contributed by atoms with Gasteiger partial charge in [-0.25, -0.2) is 4.39 Å². The number of ether oxygens (including phenoxy) is 2. The number of nitrogens with one attached hydrogen (secondary N) is 1. The molecule has 0 saturated heterocycles. The van der Waals surface area contributed by atoms with Crippen LogP contribution in [0.3, 0.4) is 0 Å². The fourth-order valence-electron chi connectivity index (χ4n) is 2.03. The van der Waals surface area contributed by atoms with Crippen LogP contribution in [0, 0.1) is 5.82 Å². The normalized spacial score (nSPS) is 12.0. The monoisotopic (exact) mass is 309 g/mol. The Hall–Kier alpha value is -1.78. The summed E-state index contributed by atoms with van der Waals surface area (Å²) in [7, 11) is 3.45. The molecule has 1 unspecified atom stereocenters. The number of benzene rings is 2. The molecule has 0 radical (unpaired) electrons. The molecule has 0 amide bonds. The van der Waals surface area contributed by atoms with E-state index in [9.17, 15) is 4.39 Å². The second-order valence-corrected chi connectivity index (χ2v) is 4.97. The highest BCUT2D eigenvalue weighted by Gasteiger charge is 2.17. The minimum atomic E-state index is -0.514. The smallest absolute Gasteiger partial charge is 0.145 e. The van der Waals surface area contributed by atoms with E-state index in [0.717, 1.165) is 5.56 Å². The number of rotatable bonds is 5. The van der Waals surface area contributed by atoms with Crippen LogP contribution in [0.15, 0.2) is 36.4 Å². The minimum Gasteiger partial charge on any atom is -0.496 e. The van der Waals surface area contributed by atoms with Crippen LogP contribution in [-0.2, 0) is 0 Å². The van der Waals surface area contributed by atoms with Crippen molar-refractivity contribution in [3.63, 3.8) is 0 Å². The van der Waals surface area contributed by atoms with E-state index in [-0.39, 0.29) is 11.1 Å². The Morgan fingerprint density at radius 3 is 2.52 bits per heavy atom. The van der Waals surface area contributed by atoms with Crippen molar-refractivity contribution in [2.45, 2.75) is 13.0 Å². The highest BCUT2D eigenvalue weighted by Crippen LogP contribution is 2.36. The quantitative estimate of drug-likeness (QED) is 0.878. The van der Waals surface area contributed by atoms with Gasteiger partial charge in [-0.15, -0.1) is 0 Å². The molecule has 3 nitrogen and oxygen atoms in total. The van der Waals surface area contributed by atoms with Gasteiger partial charge in [-0.05, 0) is 38.2 Å². The standard InChI is InChI=1S/C16H17ClFNO2/c1-10(19-2)16-14(20-3)5-4-6-15(16)21-11-7-8-12(17)13(18)9-11/h4-10,19H,1-3H3. The van der Waals surface area contributed by atoms with Crippen LogP contribution in [0.25, 0.3) is 0 Å². The summed E-state index contributed by atoms with van der Waals surface area (Å²) in [6, 6.07) is 9.87. The van der Waals surface area contributed by atoms with E-state index >= 15 is 0 Å². The largest absolute Gasteiger partial charge is 0.496 e. The van der Waals surface area contributed by atoms with Crippen LogP contribution in [-0.4, -0.2) is 14.2 Å². The third-order valence-corrected chi connectivity index (χ3v) is 3.54. The number of hydrogen-bond donors (Lipinski definition) is 1. The fourth-order valence-corrected chi connectivity index (χ4v) is 2.15. The molecule has 0 bridgehead atoms. The van der Waals surface area contributed by atoms with Crippen LogP contribution < -0.4 is 14.8 Å². The highest BCUT2D eigenvalue weighted by molar-refractivity contribution is 6.30. The molecule has 0 spiro atoms. The van der Waals surface area contributed by atoms with E-state index in [1.54, 1.807) is 13.2 Å². The topological polar surface area (TPSA) is 30.5 Å². The van der Waals surface area contributed by atoms with Gasteiger partial charge in [0.05, 0.1) is 17.7 Å². The van der Waals surface area contributed by atoms with Crippen molar-refractivity contribution < 1.29 is 13.9 Å². The lowest BCUT2D eigenvalue weighted by Gasteiger charge is -2.19. The maximum absolute atomic E-state index is 13.5. The van der Waals surface area contributed by atoms with Gasteiger partial charge in [0.2, 0.25) is 0 Å². The molecule has 2 aromatic rings. The zero-order valence-electron chi connectivity index (χ0n) is 12.1. The van der Waals surface area contributed by atoms with Gasteiger partial charge in [0, 0.05) is 12.1 Å². The summed E-state index contributed by atoms with van der Waals surface area (Å²) in [4.78, 5) is 0. The predicted molar refractivity (Wildman–Crippen MR) is 82.0 cm³/mol. The maximum Gasteiger partial charge on any atom is 0.145 e. The first-order valence-electron chi connectivity index (χ1n) is 6.54. The SMILES string of the molecule is CNC(C)c1c(OC)cccc1Oc1ccc(Cl)c(F)c1. The molecule has 5 heteroatoms. The van der Waals surface area contributed by atoms with Gasteiger partial charge in [0.1, 0.15) is 23.1 Å². The average Bonchev–Trinajstić information content (AvgIpc) is 2.50. The van der Waals surface area contributed by atoms with Crippen molar-refractivity contribution in [2.24, 2.45) is 0 Å². The Bertz CT molecular complexity index is 634. The molecule has 21 heavy (non-hydrogen) atoms. The first-order chi connectivity index (χ1) is 10.1. The Balaban J connectivity index is 2.41. The van der Waals surface area contributed by atoms with Crippen LogP contribution in [0.4, 0.5) is 4.39 Å². The van der Waals surface area contributed by atoms with Gasteiger partial charge in [-0.2, -0.15) is 0 Å². The number of halogens is 2. The highest BCUT2D eigenvalue weighted by atomic mass is 35.5. The molecule has 0 heterocycles. The maximum atomic E-state index is 13.5. The molecule has 0 aliphatic carbocycles. The Labute approximate surface area is 128 Å². The third kappa shape index (κ3) is 3.46. The zero-order chi connectivity index (χ0) is 15.4. The second kappa shape index (κ2) is 6.78. The van der Waals surface area contributed by atoms with Crippen molar-refractivity contribution in [2.75, 3.05) is 14.2 Å². The van der Waals surface area contributed by atoms with Gasteiger partial charge in [-0.1, -0.05) is 17.7 Å². The summed E-state index contributed by atoms with van der Waals surface area (Å²) in [5.74, 6) is 1.19. The molecule has 0 fully saturated rings. The molecule has 0 aliphatic heterocycles. The van der Waals surface area contributed by atoms with Crippen LogP contribution in [0.5, 0.6) is 17.2 Å². The van der Waals surface area contributed by atoms with E-state index in [2.05, 4.69) is 5.32 Å². The number of hydrogen-bond acceptors (Lipinski definition) is 3. The summed E-state index contributed by atoms with van der Waals surface area (Å²) in [5.41, 5.74) is 0.873. The van der Waals surface area contributed by atoms with Crippen molar-refractivity contribution in [3.8, 4) is 17.2 Å². The lowest BCUT2D eigenvalue weighted by Crippen LogP contribution is -2.14. The molecule has 1 atom stereocenters.